The summed E-state index contributed by atoms with van der Waals surface area (Å²) in [6.07, 6.45) is 13.4. The van der Waals surface area contributed by atoms with Crippen molar-refractivity contribution in [2.45, 2.75) is 154 Å². The van der Waals surface area contributed by atoms with Crippen molar-refractivity contribution in [2.75, 3.05) is 0 Å². The Balaban J connectivity index is 0.000000223. The fraction of sp³-hybridized carbons (Fsp3) is 0.450. The van der Waals surface area contributed by atoms with Crippen LogP contribution in [0.5, 0.6) is 0 Å². The van der Waals surface area contributed by atoms with Crippen molar-refractivity contribution in [3.63, 3.8) is 0 Å². The molecule has 4 nitrogen and oxygen atoms in total. The first-order valence-corrected chi connectivity index (χ1v) is 24.0. The van der Waals surface area contributed by atoms with Crippen LogP contribution in [0.2, 0.25) is 0 Å². The summed E-state index contributed by atoms with van der Waals surface area (Å²) in [4.78, 5) is 20.9. The fourth-order valence-electron chi connectivity index (χ4n) is 9.32. The zero-order valence-electron chi connectivity index (χ0n) is 42.8. The Morgan fingerprint density at radius 2 is 1.28 bits per heavy atom. The Labute approximate surface area is 408 Å². The number of aryl methyl sites for hydroxylation is 4. The van der Waals surface area contributed by atoms with E-state index < -0.39 is 0 Å². The molecular weight excluding hydrogens is 973 g/mol. The number of aliphatic hydroxyl groups excluding tert-OH is 1. The average Bonchev–Trinajstić information content (AvgIpc) is 3.23. The summed E-state index contributed by atoms with van der Waals surface area (Å²) in [6, 6.07) is 33.0. The molecule has 6 aromatic rings. The molecule has 0 spiro atoms. The van der Waals surface area contributed by atoms with Gasteiger partial charge in [-0.2, -0.15) is 0 Å². The minimum atomic E-state index is 0. The molecule has 1 N–H and O–H groups in total. The average molecular weight is 1050 g/mol. The molecule has 0 bridgehead atoms. The van der Waals surface area contributed by atoms with Crippen LogP contribution in [0.1, 0.15) is 154 Å². The topological polar surface area (TPSA) is 63.1 Å². The zero-order chi connectivity index (χ0) is 47.6. The fourth-order valence-corrected chi connectivity index (χ4v) is 9.32. The molecule has 1 radical (unpaired) electrons. The monoisotopic (exact) mass is 1050 g/mol. The third-order valence-electron chi connectivity index (χ3n) is 13.0. The first-order chi connectivity index (χ1) is 30.7. The number of carbonyl (C=O) groups is 1. The third-order valence-corrected chi connectivity index (χ3v) is 13.0. The van der Waals surface area contributed by atoms with Gasteiger partial charge in [0, 0.05) is 50.4 Å². The predicted octanol–water partition coefficient (Wildman–Crippen LogP) is 16.8. The number of aromatic nitrogens is 2. The van der Waals surface area contributed by atoms with Crippen LogP contribution in [0, 0.1) is 62.5 Å². The molecule has 2 heterocycles. The number of hydrogen-bond acceptors (Lipinski definition) is 4. The van der Waals surface area contributed by atoms with E-state index in [-0.39, 0.29) is 48.9 Å². The van der Waals surface area contributed by atoms with Gasteiger partial charge in [-0.05, 0) is 131 Å². The second kappa shape index (κ2) is 23.8. The maximum absolute atomic E-state index is 11.7. The smallest absolute Gasteiger partial charge is 0.162 e. The molecule has 5 heteroatoms. The number of ketones is 1. The molecule has 4 aromatic carbocycles. The molecule has 349 valence electrons. The van der Waals surface area contributed by atoms with E-state index in [0.29, 0.717) is 17.5 Å². The quantitative estimate of drug-likeness (QED) is 0.0798. The van der Waals surface area contributed by atoms with Crippen molar-refractivity contribution < 1.29 is 31.4 Å². The molecule has 2 aromatic heterocycles. The van der Waals surface area contributed by atoms with Gasteiger partial charge in [-0.3, -0.25) is 4.79 Å². The SMILES string of the molecule is CCC(CC)C(=O)/C=C(\O)C(CC)CC.Cc1[c-]c(-c2nccc3cc(C4CCC(C)(C)CC4)ccc23)cc(C)c1.[2H]c1cc2cc(CC(C)(C)C)ccc2c(-c2[c-]c(C)cc(C)c2)n1.[Ir]. The number of allylic oxidation sites excluding steroid dienone is 2. The predicted molar refractivity (Wildman–Crippen MR) is 273 cm³/mol. The van der Waals surface area contributed by atoms with E-state index in [9.17, 15) is 9.90 Å². The number of rotatable bonds is 11. The largest absolute Gasteiger partial charge is 0.512 e. The summed E-state index contributed by atoms with van der Waals surface area (Å²) >= 11 is 0. The van der Waals surface area contributed by atoms with Gasteiger partial charge in [-0.25, -0.2) is 0 Å². The summed E-state index contributed by atoms with van der Waals surface area (Å²) in [5.41, 5.74) is 12.2. The van der Waals surface area contributed by atoms with E-state index in [1.165, 1.54) is 70.3 Å². The summed E-state index contributed by atoms with van der Waals surface area (Å²) in [5, 5.41) is 14.5. The van der Waals surface area contributed by atoms with E-state index in [0.717, 1.165) is 71.0 Å². The van der Waals surface area contributed by atoms with Crippen LogP contribution < -0.4 is 0 Å². The molecule has 1 aliphatic carbocycles. The first kappa shape index (κ1) is 51.5. The molecule has 0 aliphatic heterocycles. The van der Waals surface area contributed by atoms with Crippen molar-refractivity contribution in [3.8, 4) is 22.5 Å². The molecule has 0 saturated heterocycles. The van der Waals surface area contributed by atoms with E-state index in [4.69, 9.17) is 1.37 Å². The Hall–Kier alpha value is -4.44. The van der Waals surface area contributed by atoms with Crippen LogP contribution >= 0.6 is 0 Å². The van der Waals surface area contributed by atoms with Gasteiger partial charge in [0.15, 0.2) is 5.78 Å². The maximum Gasteiger partial charge on any atom is 0.162 e. The van der Waals surface area contributed by atoms with Gasteiger partial charge in [-0.1, -0.05) is 126 Å². The summed E-state index contributed by atoms with van der Waals surface area (Å²) in [6.45, 7) is 28.0. The Morgan fingerprint density at radius 1 is 0.754 bits per heavy atom. The van der Waals surface area contributed by atoms with Gasteiger partial charge >= 0.3 is 0 Å². The first-order valence-electron chi connectivity index (χ1n) is 24.5. The Morgan fingerprint density at radius 3 is 1.80 bits per heavy atom. The van der Waals surface area contributed by atoms with Gasteiger partial charge in [-0.15, -0.1) is 69.8 Å². The van der Waals surface area contributed by atoms with Gasteiger partial charge in [0.25, 0.3) is 0 Å². The van der Waals surface area contributed by atoms with Crippen molar-refractivity contribution in [1.29, 1.82) is 0 Å². The van der Waals surface area contributed by atoms with E-state index in [1.54, 1.807) is 0 Å². The van der Waals surface area contributed by atoms with E-state index in [1.807, 2.05) is 46.9 Å². The van der Waals surface area contributed by atoms with Crippen LogP contribution in [0.25, 0.3) is 44.1 Å². The van der Waals surface area contributed by atoms with Crippen LogP contribution in [0.4, 0.5) is 0 Å². The zero-order valence-corrected chi connectivity index (χ0v) is 44.2. The van der Waals surface area contributed by atoms with Gasteiger partial charge in [0.2, 0.25) is 0 Å². The van der Waals surface area contributed by atoms with E-state index in [2.05, 4.69) is 144 Å². The number of benzene rings is 4. The number of pyridine rings is 2. The van der Waals surface area contributed by atoms with Crippen molar-refractivity contribution in [3.05, 3.63) is 143 Å². The van der Waals surface area contributed by atoms with Crippen LogP contribution in [-0.2, 0) is 31.3 Å². The summed E-state index contributed by atoms with van der Waals surface area (Å²) in [7, 11) is 0. The third kappa shape index (κ3) is 15.0. The molecular formula is C60H76IrN2O2-2. The molecule has 0 atom stereocenters. The molecule has 1 aliphatic rings. The van der Waals surface area contributed by atoms with Crippen LogP contribution in [0.3, 0.4) is 0 Å². The molecule has 1 saturated carbocycles. The minimum Gasteiger partial charge on any atom is -0.512 e. The number of hydrogen-bond donors (Lipinski definition) is 1. The maximum atomic E-state index is 11.7. The normalized spacial score (nSPS) is 14.3. The minimum absolute atomic E-state index is 0. The number of aliphatic hydroxyl groups is 1. The van der Waals surface area contributed by atoms with E-state index >= 15 is 0 Å². The molecule has 1 fully saturated rings. The molecule has 65 heavy (non-hydrogen) atoms. The standard InChI is InChI=1S/C25H28N.C22H24N.C13H24O2.Ir/c1-17-13-18(2)15-22(14-17)24-23-6-5-20(16-21(23)9-12-26-24)19-7-10-25(3,4)11-8-19;1-15-10-16(2)12-19(11-15)21-20-7-6-17(14-22(3,4)5)13-18(20)8-9-23-21;1-5-10(6-2)12(14)9-13(15)11(7-3)8-4;/h5-6,9,12-14,16,19H,7-8,10-11H2,1-4H3;6-11,13H,14H2,1-5H3;9-11,14H,5-8H2,1-4H3;/q2*-1;;/b;;12-9-;/i;9D;;. The molecule has 0 unspecified atom stereocenters. The molecule has 0 amide bonds. The second-order valence-corrected chi connectivity index (χ2v) is 20.5. The van der Waals surface area contributed by atoms with Crippen LogP contribution in [-0.4, -0.2) is 20.9 Å². The van der Waals surface area contributed by atoms with Crippen molar-refractivity contribution in [1.82, 2.24) is 9.97 Å². The Kier molecular flexibility index (Phi) is 18.9. The van der Waals surface area contributed by atoms with Crippen molar-refractivity contribution >= 4 is 27.3 Å². The van der Waals surface area contributed by atoms with Crippen LogP contribution in [0.15, 0.2) is 97.0 Å². The molecule has 7 rings (SSSR count). The number of fused-ring (bicyclic) bond motifs is 2. The van der Waals surface area contributed by atoms with Gasteiger partial charge < -0.3 is 15.1 Å². The van der Waals surface area contributed by atoms with Gasteiger partial charge in [0.05, 0.1) is 7.13 Å². The summed E-state index contributed by atoms with van der Waals surface area (Å²) < 4.78 is 8.10. The number of carbonyl (C=O) groups excluding carboxylic acids is 1. The Bertz CT molecular complexity index is 2540. The van der Waals surface area contributed by atoms with Gasteiger partial charge in [0.1, 0.15) is 0 Å². The van der Waals surface area contributed by atoms with Crippen molar-refractivity contribution in [2.24, 2.45) is 22.7 Å². The number of nitrogens with zero attached hydrogens (tertiary/aromatic N) is 2. The summed E-state index contributed by atoms with van der Waals surface area (Å²) in [5.74, 6) is 1.25. The second-order valence-electron chi connectivity index (χ2n) is 20.5.